The van der Waals surface area contributed by atoms with Gasteiger partial charge in [0.2, 0.25) is 0 Å². The number of allylic oxidation sites excluding steroid dienone is 1. The molecule has 3 atom stereocenters. The van der Waals surface area contributed by atoms with Crippen molar-refractivity contribution in [2.24, 2.45) is 5.92 Å². The Bertz CT molecular complexity index is 965. The number of amides is 1. The van der Waals surface area contributed by atoms with Gasteiger partial charge in [0, 0.05) is 19.0 Å². The van der Waals surface area contributed by atoms with Crippen LogP contribution in [0.3, 0.4) is 0 Å². The van der Waals surface area contributed by atoms with Crippen LogP contribution in [0.2, 0.25) is 19.6 Å². The van der Waals surface area contributed by atoms with Gasteiger partial charge in [0.15, 0.2) is 8.32 Å². The number of piperidine rings is 1. The third kappa shape index (κ3) is 2.44. The molecule has 0 aromatic heterocycles. The van der Waals surface area contributed by atoms with E-state index in [1.807, 2.05) is 11.0 Å². The Balaban J connectivity index is 1.73. The first-order valence-corrected chi connectivity index (χ1v) is 14.4. The molecule has 3 aliphatic heterocycles. The van der Waals surface area contributed by atoms with Crippen LogP contribution >= 0.6 is 0 Å². The van der Waals surface area contributed by atoms with Crippen LogP contribution in [0.1, 0.15) is 25.3 Å². The number of benzene rings is 1. The maximum atomic E-state index is 13.2. The second-order valence-electron chi connectivity index (χ2n) is 10.0. The third-order valence-electron chi connectivity index (χ3n) is 7.60. The van der Waals surface area contributed by atoms with Crippen molar-refractivity contribution < 1.29 is 14.0 Å². The quantitative estimate of drug-likeness (QED) is 0.522. The minimum atomic E-state index is -1.64. The van der Waals surface area contributed by atoms with Crippen molar-refractivity contribution >= 4 is 20.1 Å². The van der Waals surface area contributed by atoms with Gasteiger partial charge in [-0.3, -0.25) is 9.80 Å². The van der Waals surface area contributed by atoms with Gasteiger partial charge in [-0.15, -0.1) is 0 Å². The smallest absolute Gasteiger partial charge is 0.415 e. The fourth-order valence-corrected chi connectivity index (χ4v) is 7.00. The normalized spacial score (nSPS) is 33.4. The molecule has 2 saturated heterocycles. The maximum absolute atomic E-state index is 13.2. The fourth-order valence-electron chi connectivity index (χ4n) is 6.40. The zero-order chi connectivity index (χ0) is 21.3. The van der Waals surface area contributed by atoms with Crippen molar-refractivity contribution in [2.75, 3.05) is 31.7 Å². The van der Waals surface area contributed by atoms with Crippen LogP contribution in [0.5, 0.6) is 0 Å². The van der Waals surface area contributed by atoms with Crippen molar-refractivity contribution in [1.82, 2.24) is 4.90 Å². The number of ether oxygens (including phenoxy) is 1. The van der Waals surface area contributed by atoms with E-state index >= 15 is 0 Å². The highest BCUT2D eigenvalue weighted by atomic mass is 28.4. The van der Waals surface area contributed by atoms with Crippen LogP contribution in [0.15, 0.2) is 47.6 Å². The highest BCUT2D eigenvalue weighted by Crippen LogP contribution is 2.66. The predicted molar refractivity (Wildman–Crippen MR) is 121 cm³/mol. The van der Waals surface area contributed by atoms with Crippen molar-refractivity contribution in [3.63, 3.8) is 0 Å². The molecule has 5 rings (SSSR count). The molecule has 6 heteroatoms. The first kappa shape index (κ1) is 20.0. The molecule has 4 aliphatic rings. The number of para-hydroxylation sites is 1. The van der Waals surface area contributed by atoms with E-state index in [1.54, 1.807) is 0 Å². The summed E-state index contributed by atoms with van der Waals surface area (Å²) in [5, 5.41) is 0. The summed E-state index contributed by atoms with van der Waals surface area (Å²) in [7, 11) is -0.145. The van der Waals surface area contributed by atoms with Gasteiger partial charge in [-0.1, -0.05) is 35.9 Å². The molecular weight excluding hydrogens is 392 g/mol. The molecule has 0 radical (unpaired) electrons. The van der Waals surface area contributed by atoms with Gasteiger partial charge >= 0.3 is 6.09 Å². The number of hydrogen-bond acceptors (Lipinski definition) is 4. The zero-order valence-corrected chi connectivity index (χ0v) is 19.7. The average molecular weight is 425 g/mol. The summed E-state index contributed by atoms with van der Waals surface area (Å²) in [5.74, 6) is 0.315. The highest BCUT2D eigenvalue weighted by Gasteiger charge is 2.72. The van der Waals surface area contributed by atoms with Gasteiger partial charge in [0.05, 0.1) is 24.8 Å². The van der Waals surface area contributed by atoms with Gasteiger partial charge in [0.25, 0.3) is 0 Å². The number of nitrogens with zero attached hydrogens (tertiary/aromatic N) is 2. The highest BCUT2D eigenvalue weighted by molar-refractivity contribution is 6.69. The van der Waals surface area contributed by atoms with E-state index in [9.17, 15) is 4.79 Å². The summed E-state index contributed by atoms with van der Waals surface area (Å²) in [6.45, 7) is 11.5. The van der Waals surface area contributed by atoms with Gasteiger partial charge in [0.1, 0.15) is 5.66 Å². The summed E-state index contributed by atoms with van der Waals surface area (Å²) in [5.41, 5.74) is 4.51. The summed E-state index contributed by atoms with van der Waals surface area (Å²) >= 11 is 0. The molecule has 0 N–H and O–H groups in total. The lowest BCUT2D eigenvalue weighted by molar-refractivity contribution is 0.0518. The van der Waals surface area contributed by atoms with Crippen LogP contribution in [0.4, 0.5) is 10.5 Å². The number of rotatable bonds is 3. The van der Waals surface area contributed by atoms with Gasteiger partial charge in [-0.25, -0.2) is 4.79 Å². The lowest BCUT2D eigenvalue weighted by Gasteiger charge is -2.57. The first-order valence-electron chi connectivity index (χ1n) is 11.0. The molecule has 1 aliphatic carbocycles. The van der Waals surface area contributed by atoms with Crippen LogP contribution in [-0.4, -0.2) is 51.8 Å². The van der Waals surface area contributed by atoms with E-state index in [2.05, 4.69) is 61.8 Å². The van der Waals surface area contributed by atoms with Gasteiger partial charge in [-0.2, -0.15) is 0 Å². The van der Waals surface area contributed by atoms with Crippen LogP contribution in [0, 0.1) is 5.92 Å². The third-order valence-corrected chi connectivity index (χ3v) is 8.61. The van der Waals surface area contributed by atoms with E-state index in [0.29, 0.717) is 12.5 Å². The predicted octanol–water partition coefficient (Wildman–Crippen LogP) is 4.67. The zero-order valence-electron chi connectivity index (χ0n) is 18.7. The molecule has 0 saturated carbocycles. The molecule has 5 nitrogen and oxygen atoms in total. The molecule has 1 unspecified atom stereocenters. The van der Waals surface area contributed by atoms with E-state index in [1.165, 1.54) is 23.8 Å². The lowest BCUT2D eigenvalue weighted by Crippen LogP contribution is -2.69. The molecule has 160 valence electrons. The number of carbonyl (C=O) groups is 1. The standard InChI is InChI=1S/C24H32N2O3Si/c1-6-17-15-25-12-11-23-13-18(16-29-30(3,4)5)19(17)14-24(23,25)26(22(27)28-2)21-10-8-7-9-20(21)23/h6-10,13,19H,11-12,14-16H2,1-5H3/b17-6-/t19?,23-,24-/m1/s1. The molecule has 3 heterocycles. The molecule has 1 amide bonds. The number of carbonyl (C=O) groups excluding carboxylic acids is 1. The van der Waals surface area contributed by atoms with E-state index in [-0.39, 0.29) is 17.2 Å². The summed E-state index contributed by atoms with van der Waals surface area (Å²) < 4.78 is 11.7. The van der Waals surface area contributed by atoms with E-state index < -0.39 is 8.32 Å². The lowest BCUT2D eigenvalue weighted by atomic mass is 9.60. The average Bonchev–Trinajstić information content (AvgIpc) is 3.19. The summed E-state index contributed by atoms with van der Waals surface area (Å²) in [6.07, 6.45) is 6.42. The number of fused-ring (bicyclic) bond motifs is 2. The Hall–Kier alpha value is -1.89. The summed E-state index contributed by atoms with van der Waals surface area (Å²) in [4.78, 5) is 17.7. The minimum Gasteiger partial charge on any atom is -0.452 e. The van der Waals surface area contributed by atoms with Gasteiger partial charge in [-0.05, 0) is 56.6 Å². The Labute approximate surface area is 180 Å². The van der Waals surface area contributed by atoms with E-state index in [0.717, 1.165) is 31.6 Å². The Kier molecular flexibility index (Phi) is 4.37. The number of hydrogen-bond donors (Lipinski definition) is 0. The fraction of sp³-hybridized carbons (Fsp3) is 0.542. The SMILES string of the molecule is C/C=C1/CN2CC[C@]34C=C(CO[Si](C)(C)C)C1C[C@]23N(C(=O)OC)c1ccccc14. The molecule has 1 spiro atoms. The number of anilines is 1. The summed E-state index contributed by atoms with van der Waals surface area (Å²) in [6, 6.07) is 8.42. The molecule has 1 aromatic carbocycles. The van der Waals surface area contributed by atoms with Crippen LogP contribution in [0.25, 0.3) is 0 Å². The molecule has 2 fully saturated rings. The molecule has 2 bridgehead atoms. The minimum absolute atomic E-state index is 0.203. The Morgan fingerprint density at radius 1 is 1.30 bits per heavy atom. The van der Waals surface area contributed by atoms with Crippen molar-refractivity contribution in [3.8, 4) is 0 Å². The van der Waals surface area contributed by atoms with Crippen molar-refractivity contribution in [3.05, 3.63) is 53.1 Å². The largest absolute Gasteiger partial charge is 0.452 e. The second kappa shape index (κ2) is 6.55. The van der Waals surface area contributed by atoms with Crippen LogP contribution < -0.4 is 4.90 Å². The van der Waals surface area contributed by atoms with Crippen molar-refractivity contribution in [2.45, 2.75) is 50.5 Å². The van der Waals surface area contributed by atoms with Crippen LogP contribution in [-0.2, 0) is 14.6 Å². The van der Waals surface area contributed by atoms with Gasteiger partial charge < -0.3 is 9.16 Å². The topological polar surface area (TPSA) is 42.0 Å². The second-order valence-corrected chi connectivity index (χ2v) is 14.5. The van der Waals surface area contributed by atoms with E-state index in [4.69, 9.17) is 9.16 Å². The Morgan fingerprint density at radius 3 is 2.77 bits per heavy atom. The molecular formula is C24H32N2O3Si. The van der Waals surface area contributed by atoms with Crippen molar-refractivity contribution in [1.29, 1.82) is 0 Å². The molecule has 30 heavy (non-hydrogen) atoms. The first-order chi connectivity index (χ1) is 14.3. The molecule has 1 aromatic rings. The number of methoxy groups -OCH3 is 1. The maximum Gasteiger partial charge on any atom is 0.415 e. The Morgan fingerprint density at radius 2 is 2.07 bits per heavy atom. The monoisotopic (exact) mass is 424 g/mol.